The molecule has 1 aliphatic rings. The number of esters is 1. The summed E-state index contributed by atoms with van der Waals surface area (Å²) < 4.78 is 10.8. The summed E-state index contributed by atoms with van der Waals surface area (Å²) in [5.74, 6) is 0.381. The number of rotatable bonds is 1. The molecule has 0 fully saturated rings. The van der Waals surface area contributed by atoms with Crippen LogP contribution in [0.1, 0.15) is 31.1 Å². The molecule has 0 atom stereocenters. The van der Waals surface area contributed by atoms with Crippen LogP contribution in [0.5, 0.6) is 5.75 Å². The fourth-order valence-corrected chi connectivity index (χ4v) is 1.67. The van der Waals surface area contributed by atoms with Crippen molar-refractivity contribution < 1.29 is 14.3 Å². The first-order chi connectivity index (χ1) is 7.97. The highest BCUT2D eigenvalue weighted by molar-refractivity contribution is 5.97. The maximum absolute atomic E-state index is 12.0. The van der Waals surface area contributed by atoms with Crippen molar-refractivity contribution in [1.29, 1.82) is 0 Å². The van der Waals surface area contributed by atoms with E-state index in [0.29, 0.717) is 24.5 Å². The van der Waals surface area contributed by atoms with Crippen LogP contribution in [0.4, 0.5) is 5.69 Å². The van der Waals surface area contributed by atoms with Crippen LogP contribution in [0.25, 0.3) is 0 Å². The molecule has 0 saturated heterocycles. The zero-order chi connectivity index (χ0) is 12.5. The van der Waals surface area contributed by atoms with Crippen LogP contribution in [0, 0.1) is 0 Å². The van der Waals surface area contributed by atoms with Crippen LogP contribution >= 0.6 is 0 Å². The van der Waals surface area contributed by atoms with Crippen LogP contribution in [0.3, 0.4) is 0 Å². The Kier molecular flexibility index (Phi) is 2.96. The van der Waals surface area contributed by atoms with Gasteiger partial charge in [-0.05, 0) is 32.9 Å². The van der Waals surface area contributed by atoms with Crippen LogP contribution in [0.15, 0.2) is 18.2 Å². The van der Waals surface area contributed by atoms with Crippen molar-refractivity contribution in [2.75, 3.05) is 18.5 Å². The zero-order valence-corrected chi connectivity index (χ0v) is 10.4. The molecule has 1 aliphatic heterocycles. The summed E-state index contributed by atoms with van der Waals surface area (Å²) in [6.07, 6.45) is 0. The first-order valence-corrected chi connectivity index (χ1v) is 5.70. The fraction of sp³-hybridized carbons (Fsp3) is 0.462. The van der Waals surface area contributed by atoms with Gasteiger partial charge in [-0.3, -0.25) is 0 Å². The number of hydrogen-bond acceptors (Lipinski definition) is 4. The molecule has 0 saturated carbocycles. The van der Waals surface area contributed by atoms with Gasteiger partial charge in [-0.15, -0.1) is 0 Å². The Morgan fingerprint density at radius 3 is 2.88 bits per heavy atom. The van der Waals surface area contributed by atoms with Gasteiger partial charge in [-0.25, -0.2) is 4.79 Å². The molecule has 0 spiro atoms. The molecule has 0 unspecified atom stereocenters. The van der Waals surface area contributed by atoms with E-state index in [0.717, 1.165) is 5.69 Å². The lowest BCUT2D eigenvalue weighted by Crippen LogP contribution is -2.26. The van der Waals surface area contributed by atoms with Crippen LogP contribution in [-0.4, -0.2) is 24.7 Å². The number of para-hydroxylation sites is 1. The van der Waals surface area contributed by atoms with Crippen molar-refractivity contribution in [2.45, 2.75) is 26.4 Å². The van der Waals surface area contributed by atoms with E-state index >= 15 is 0 Å². The third kappa shape index (κ3) is 2.70. The Hall–Kier alpha value is -1.71. The van der Waals surface area contributed by atoms with Gasteiger partial charge in [0.25, 0.3) is 0 Å². The minimum absolute atomic E-state index is 0.327. The highest BCUT2D eigenvalue weighted by atomic mass is 16.6. The van der Waals surface area contributed by atoms with Crippen molar-refractivity contribution >= 4 is 11.7 Å². The molecule has 0 amide bonds. The van der Waals surface area contributed by atoms with Crippen molar-refractivity contribution in [3.8, 4) is 5.75 Å². The first-order valence-electron chi connectivity index (χ1n) is 5.70. The third-order valence-corrected chi connectivity index (χ3v) is 2.31. The molecular formula is C13H17NO3. The highest BCUT2D eigenvalue weighted by Gasteiger charge is 2.23. The van der Waals surface area contributed by atoms with Crippen LogP contribution < -0.4 is 10.1 Å². The molecule has 1 aromatic rings. The zero-order valence-electron chi connectivity index (χ0n) is 10.4. The van der Waals surface area contributed by atoms with E-state index in [-0.39, 0.29) is 5.97 Å². The van der Waals surface area contributed by atoms with Gasteiger partial charge in [0.15, 0.2) is 0 Å². The highest BCUT2D eigenvalue weighted by Crippen LogP contribution is 2.31. The van der Waals surface area contributed by atoms with Gasteiger partial charge in [0.2, 0.25) is 0 Å². The summed E-state index contributed by atoms with van der Waals surface area (Å²) in [5.41, 5.74) is 0.764. The van der Waals surface area contributed by atoms with Crippen LogP contribution in [-0.2, 0) is 4.74 Å². The van der Waals surface area contributed by atoms with E-state index < -0.39 is 5.60 Å². The third-order valence-electron chi connectivity index (χ3n) is 2.31. The van der Waals surface area contributed by atoms with E-state index in [1.54, 1.807) is 12.1 Å². The number of hydrogen-bond donors (Lipinski definition) is 1. The second-order valence-corrected chi connectivity index (χ2v) is 4.96. The Balaban J connectivity index is 2.29. The smallest absolute Gasteiger partial charge is 0.340 e. The number of anilines is 1. The molecule has 1 heterocycles. The molecule has 1 N–H and O–H groups in total. The van der Waals surface area contributed by atoms with Gasteiger partial charge in [0.05, 0.1) is 11.3 Å². The Morgan fingerprint density at radius 1 is 1.41 bits per heavy atom. The average Bonchev–Trinajstić information content (AvgIpc) is 2.26. The number of fused-ring (bicyclic) bond motifs is 1. The molecule has 0 bridgehead atoms. The molecule has 0 aliphatic carbocycles. The topological polar surface area (TPSA) is 47.6 Å². The fourth-order valence-electron chi connectivity index (χ4n) is 1.67. The largest absolute Gasteiger partial charge is 0.490 e. The SMILES string of the molecule is CC(C)(C)OC(=O)c1cccc2c1NCCO2. The number of benzene rings is 1. The standard InChI is InChI=1S/C13H17NO3/c1-13(2,3)17-12(15)9-5-4-6-10-11(9)14-7-8-16-10/h4-6,14H,7-8H2,1-3H3. The van der Waals surface area contributed by atoms with E-state index in [1.807, 2.05) is 26.8 Å². The van der Waals surface area contributed by atoms with E-state index in [9.17, 15) is 4.79 Å². The second-order valence-electron chi connectivity index (χ2n) is 4.96. The second kappa shape index (κ2) is 4.28. The summed E-state index contributed by atoms with van der Waals surface area (Å²) >= 11 is 0. The van der Waals surface area contributed by atoms with Gasteiger partial charge < -0.3 is 14.8 Å². The molecular weight excluding hydrogens is 218 g/mol. The number of nitrogens with one attached hydrogen (secondary N) is 1. The predicted octanol–water partition coefficient (Wildman–Crippen LogP) is 2.45. The van der Waals surface area contributed by atoms with E-state index in [1.165, 1.54) is 0 Å². The number of carbonyl (C=O) groups is 1. The van der Waals surface area contributed by atoms with Crippen molar-refractivity contribution in [1.82, 2.24) is 0 Å². The lowest BCUT2D eigenvalue weighted by atomic mass is 10.1. The molecule has 0 radical (unpaired) electrons. The molecule has 17 heavy (non-hydrogen) atoms. The normalized spacial score (nSPS) is 14.3. The van der Waals surface area contributed by atoms with Crippen molar-refractivity contribution in [3.05, 3.63) is 23.8 Å². The Labute approximate surface area is 101 Å². The first kappa shape index (κ1) is 11.8. The summed E-state index contributed by atoms with van der Waals surface area (Å²) in [6, 6.07) is 5.38. The van der Waals surface area contributed by atoms with Gasteiger partial charge in [-0.1, -0.05) is 6.07 Å². The Morgan fingerprint density at radius 2 is 2.18 bits per heavy atom. The van der Waals surface area contributed by atoms with Gasteiger partial charge in [0, 0.05) is 6.54 Å². The lowest BCUT2D eigenvalue weighted by molar-refractivity contribution is 0.00701. The maximum Gasteiger partial charge on any atom is 0.340 e. The summed E-state index contributed by atoms with van der Waals surface area (Å²) in [5, 5.41) is 3.17. The van der Waals surface area contributed by atoms with Crippen molar-refractivity contribution in [2.24, 2.45) is 0 Å². The van der Waals surface area contributed by atoms with E-state index in [2.05, 4.69) is 5.32 Å². The maximum atomic E-state index is 12.0. The summed E-state index contributed by atoms with van der Waals surface area (Å²) in [6.45, 7) is 6.87. The molecule has 1 aromatic carbocycles. The monoisotopic (exact) mass is 235 g/mol. The summed E-state index contributed by atoms with van der Waals surface area (Å²) in [7, 11) is 0. The number of ether oxygens (including phenoxy) is 2. The van der Waals surface area contributed by atoms with Crippen LogP contribution in [0.2, 0.25) is 0 Å². The average molecular weight is 235 g/mol. The predicted molar refractivity (Wildman–Crippen MR) is 65.6 cm³/mol. The molecule has 0 aromatic heterocycles. The van der Waals surface area contributed by atoms with Gasteiger partial charge in [0.1, 0.15) is 18.0 Å². The molecule has 2 rings (SSSR count). The van der Waals surface area contributed by atoms with Crippen molar-refractivity contribution in [3.63, 3.8) is 0 Å². The minimum Gasteiger partial charge on any atom is -0.490 e. The quantitative estimate of drug-likeness (QED) is 0.759. The van der Waals surface area contributed by atoms with Gasteiger partial charge in [-0.2, -0.15) is 0 Å². The van der Waals surface area contributed by atoms with Gasteiger partial charge >= 0.3 is 5.97 Å². The summed E-state index contributed by atoms with van der Waals surface area (Å²) in [4.78, 5) is 12.0. The number of carbonyl (C=O) groups excluding carboxylic acids is 1. The Bertz CT molecular complexity index is 435. The lowest BCUT2D eigenvalue weighted by Gasteiger charge is -2.24. The molecule has 4 heteroatoms. The molecule has 92 valence electrons. The van der Waals surface area contributed by atoms with E-state index in [4.69, 9.17) is 9.47 Å². The minimum atomic E-state index is -0.491. The molecule has 4 nitrogen and oxygen atoms in total.